The normalized spacial score (nSPS) is 10.3. The minimum atomic E-state index is -0.423. The van der Waals surface area contributed by atoms with E-state index in [1.807, 2.05) is 30.3 Å². The van der Waals surface area contributed by atoms with E-state index < -0.39 is 5.82 Å². The molecule has 0 atom stereocenters. The van der Waals surface area contributed by atoms with Crippen LogP contribution in [0.1, 0.15) is 27.9 Å². The van der Waals surface area contributed by atoms with Gasteiger partial charge in [0.2, 0.25) is 0 Å². The van der Waals surface area contributed by atoms with Gasteiger partial charge in [0.05, 0.1) is 5.56 Å². The molecular formula is C16H15FO. The molecule has 0 fully saturated rings. The third kappa shape index (κ3) is 3.04. The van der Waals surface area contributed by atoms with Gasteiger partial charge in [0.25, 0.3) is 0 Å². The average Bonchev–Trinajstić information content (AvgIpc) is 2.37. The molecule has 0 amide bonds. The van der Waals surface area contributed by atoms with E-state index in [0.29, 0.717) is 12.8 Å². The van der Waals surface area contributed by atoms with Crippen molar-refractivity contribution < 1.29 is 9.18 Å². The van der Waals surface area contributed by atoms with Crippen molar-refractivity contribution in [3.8, 4) is 0 Å². The highest BCUT2D eigenvalue weighted by Crippen LogP contribution is 2.13. The Labute approximate surface area is 106 Å². The summed E-state index contributed by atoms with van der Waals surface area (Å²) >= 11 is 0. The van der Waals surface area contributed by atoms with E-state index in [-0.39, 0.29) is 11.3 Å². The van der Waals surface area contributed by atoms with Crippen LogP contribution in [0.3, 0.4) is 0 Å². The minimum Gasteiger partial charge on any atom is -0.294 e. The lowest BCUT2D eigenvalue weighted by atomic mass is 10.0. The van der Waals surface area contributed by atoms with Gasteiger partial charge in [-0.25, -0.2) is 4.39 Å². The minimum absolute atomic E-state index is 0.142. The summed E-state index contributed by atoms with van der Waals surface area (Å²) in [7, 11) is 0. The summed E-state index contributed by atoms with van der Waals surface area (Å²) in [5, 5.41) is 0. The van der Waals surface area contributed by atoms with E-state index in [2.05, 4.69) is 0 Å². The van der Waals surface area contributed by atoms with Crippen molar-refractivity contribution in [2.75, 3.05) is 0 Å². The highest BCUT2D eigenvalue weighted by Gasteiger charge is 2.11. The fraction of sp³-hybridized carbons (Fsp3) is 0.188. The smallest absolute Gasteiger partial charge is 0.166 e. The Hall–Kier alpha value is -1.96. The number of aryl methyl sites for hydroxylation is 2. The topological polar surface area (TPSA) is 17.1 Å². The van der Waals surface area contributed by atoms with E-state index in [1.54, 1.807) is 19.1 Å². The van der Waals surface area contributed by atoms with Crippen molar-refractivity contribution in [2.24, 2.45) is 0 Å². The zero-order valence-electron chi connectivity index (χ0n) is 10.3. The summed E-state index contributed by atoms with van der Waals surface area (Å²) in [5.41, 5.74) is 2.11. The molecule has 0 heterocycles. The molecule has 92 valence electrons. The number of halogens is 1. The molecule has 0 aliphatic carbocycles. The van der Waals surface area contributed by atoms with Crippen LogP contribution < -0.4 is 0 Å². The SMILES string of the molecule is Cc1ccc(C(=O)CCc2ccccc2)c(F)c1. The van der Waals surface area contributed by atoms with Crippen LogP contribution in [0.15, 0.2) is 48.5 Å². The predicted molar refractivity (Wildman–Crippen MR) is 70.2 cm³/mol. The molecule has 0 unspecified atom stereocenters. The Morgan fingerprint density at radius 1 is 1.11 bits per heavy atom. The first-order valence-electron chi connectivity index (χ1n) is 6.00. The molecule has 0 aliphatic rings. The standard InChI is InChI=1S/C16H15FO/c1-12-7-9-14(15(17)11-12)16(18)10-8-13-5-3-2-4-6-13/h2-7,9,11H,8,10H2,1H3. The van der Waals surface area contributed by atoms with E-state index in [1.165, 1.54) is 6.07 Å². The number of rotatable bonds is 4. The van der Waals surface area contributed by atoms with Crippen LogP contribution in [0.2, 0.25) is 0 Å². The Morgan fingerprint density at radius 2 is 1.83 bits per heavy atom. The van der Waals surface area contributed by atoms with Crippen molar-refractivity contribution in [2.45, 2.75) is 19.8 Å². The molecule has 1 nitrogen and oxygen atoms in total. The van der Waals surface area contributed by atoms with E-state index in [4.69, 9.17) is 0 Å². The monoisotopic (exact) mass is 242 g/mol. The van der Waals surface area contributed by atoms with Gasteiger partial charge in [-0.1, -0.05) is 36.4 Å². The molecule has 0 bridgehead atoms. The molecule has 0 N–H and O–H groups in total. The van der Waals surface area contributed by atoms with Crippen molar-refractivity contribution in [3.05, 3.63) is 71.0 Å². The van der Waals surface area contributed by atoms with Crippen LogP contribution in [0.25, 0.3) is 0 Å². The molecule has 18 heavy (non-hydrogen) atoms. The number of Topliss-reactive ketones (excluding diaryl/α,β-unsaturated/α-hetero) is 1. The number of carbonyl (C=O) groups is 1. The first-order valence-corrected chi connectivity index (χ1v) is 6.00. The fourth-order valence-corrected chi connectivity index (χ4v) is 1.88. The van der Waals surface area contributed by atoms with Gasteiger partial charge in [-0.15, -0.1) is 0 Å². The van der Waals surface area contributed by atoms with Crippen LogP contribution in [0, 0.1) is 12.7 Å². The molecule has 2 rings (SSSR count). The number of benzene rings is 2. The molecule has 0 spiro atoms. The molecular weight excluding hydrogens is 227 g/mol. The lowest BCUT2D eigenvalue weighted by Crippen LogP contribution is -2.04. The van der Waals surface area contributed by atoms with Crippen molar-refractivity contribution >= 4 is 5.78 Å². The number of carbonyl (C=O) groups excluding carboxylic acids is 1. The van der Waals surface area contributed by atoms with E-state index >= 15 is 0 Å². The van der Waals surface area contributed by atoms with Crippen LogP contribution in [0.5, 0.6) is 0 Å². The van der Waals surface area contributed by atoms with Gasteiger partial charge in [0.15, 0.2) is 5.78 Å². The summed E-state index contributed by atoms with van der Waals surface area (Å²) < 4.78 is 13.6. The molecule has 0 saturated carbocycles. The van der Waals surface area contributed by atoms with Crippen molar-refractivity contribution in [1.29, 1.82) is 0 Å². The van der Waals surface area contributed by atoms with Crippen LogP contribution >= 0.6 is 0 Å². The number of ketones is 1. The fourth-order valence-electron chi connectivity index (χ4n) is 1.88. The number of hydrogen-bond acceptors (Lipinski definition) is 1. The van der Waals surface area contributed by atoms with Gasteiger partial charge in [-0.05, 0) is 36.6 Å². The maximum atomic E-state index is 13.6. The molecule has 0 aliphatic heterocycles. The van der Waals surface area contributed by atoms with Crippen LogP contribution in [-0.2, 0) is 6.42 Å². The van der Waals surface area contributed by atoms with Crippen molar-refractivity contribution in [3.63, 3.8) is 0 Å². The van der Waals surface area contributed by atoms with Gasteiger partial charge < -0.3 is 0 Å². The number of hydrogen-bond donors (Lipinski definition) is 0. The first kappa shape index (κ1) is 12.5. The van der Waals surface area contributed by atoms with Gasteiger partial charge in [0, 0.05) is 6.42 Å². The zero-order valence-corrected chi connectivity index (χ0v) is 10.3. The van der Waals surface area contributed by atoms with Gasteiger partial charge in [-0.3, -0.25) is 4.79 Å². The summed E-state index contributed by atoms with van der Waals surface area (Å²) in [6.07, 6.45) is 0.983. The van der Waals surface area contributed by atoms with Crippen LogP contribution in [0.4, 0.5) is 4.39 Å². The summed E-state index contributed by atoms with van der Waals surface area (Å²) in [4.78, 5) is 11.9. The van der Waals surface area contributed by atoms with Crippen molar-refractivity contribution in [1.82, 2.24) is 0 Å². The maximum absolute atomic E-state index is 13.6. The Balaban J connectivity index is 2.04. The summed E-state index contributed by atoms with van der Waals surface area (Å²) in [6, 6.07) is 14.5. The molecule has 2 heteroatoms. The quantitative estimate of drug-likeness (QED) is 0.742. The Kier molecular flexibility index (Phi) is 3.88. The second kappa shape index (κ2) is 5.58. The third-order valence-electron chi connectivity index (χ3n) is 2.91. The third-order valence-corrected chi connectivity index (χ3v) is 2.91. The molecule has 2 aromatic rings. The molecule has 2 aromatic carbocycles. The van der Waals surface area contributed by atoms with E-state index in [9.17, 15) is 9.18 Å². The van der Waals surface area contributed by atoms with Gasteiger partial charge in [-0.2, -0.15) is 0 Å². The second-order valence-corrected chi connectivity index (χ2v) is 4.39. The lowest BCUT2D eigenvalue weighted by Gasteiger charge is -2.04. The van der Waals surface area contributed by atoms with E-state index in [0.717, 1.165) is 11.1 Å². The highest BCUT2D eigenvalue weighted by atomic mass is 19.1. The van der Waals surface area contributed by atoms with Crippen LogP contribution in [-0.4, -0.2) is 5.78 Å². The second-order valence-electron chi connectivity index (χ2n) is 4.39. The molecule has 0 saturated heterocycles. The summed E-state index contributed by atoms with van der Waals surface area (Å²) in [5.74, 6) is -0.565. The highest BCUT2D eigenvalue weighted by molar-refractivity contribution is 5.96. The van der Waals surface area contributed by atoms with Gasteiger partial charge >= 0.3 is 0 Å². The predicted octanol–water partition coefficient (Wildman–Crippen LogP) is 3.95. The Morgan fingerprint density at radius 3 is 2.50 bits per heavy atom. The first-order chi connectivity index (χ1) is 8.66. The lowest BCUT2D eigenvalue weighted by molar-refractivity contribution is 0.0979. The Bertz CT molecular complexity index is 546. The zero-order chi connectivity index (χ0) is 13.0. The molecule has 0 radical (unpaired) electrons. The summed E-state index contributed by atoms with van der Waals surface area (Å²) in [6.45, 7) is 1.81. The average molecular weight is 242 g/mol. The van der Waals surface area contributed by atoms with Gasteiger partial charge in [0.1, 0.15) is 5.82 Å². The molecule has 0 aromatic heterocycles. The largest absolute Gasteiger partial charge is 0.294 e. The maximum Gasteiger partial charge on any atom is 0.166 e.